The monoisotopic (exact) mass is 746 g/mol. The zero-order valence-electron chi connectivity index (χ0n) is 25.5. The number of halogens is 3. The van der Waals surface area contributed by atoms with Gasteiger partial charge in [0.25, 0.3) is 5.56 Å². The number of hydrogen-bond acceptors (Lipinski definition) is 9. The summed E-state index contributed by atoms with van der Waals surface area (Å²) in [5.74, 6) is 1.35. The van der Waals surface area contributed by atoms with Crippen molar-refractivity contribution in [2.45, 2.75) is 26.5 Å². The predicted molar refractivity (Wildman–Crippen MR) is 181 cm³/mol. The fourth-order valence-electron chi connectivity index (χ4n) is 5.03. The van der Waals surface area contributed by atoms with Gasteiger partial charge in [0.1, 0.15) is 24.1 Å². The third kappa shape index (κ3) is 6.69. The molecular weight excluding hydrogens is 719 g/mol. The standard InChI is InChI=1S/C33H29BrCl2N2O7S/c1-6-44-32(40)28-17(2)37-33-38(29(28)22-10-9-21(41-3)15-25(22)42-4)31(39)27(46-33)13-18-11-23(34)30(26(12-18)43-5)45-16-19-7-8-20(35)14-24(19)36/h7-15,29H,6,16H2,1-5H3/b27-13-/t29-/m0/s1. The van der Waals surface area contributed by atoms with Crippen LogP contribution in [0.5, 0.6) is 23.0 Å². The molecular formula is C33H29BrCl2N2O7S. The van der Waals surface area contributed by atoms with E-state index in [0.29, 0.717) is 63.7 Å². The van der Waals surface area contributed by atoms with Gasteiger partial charge in [0.05, 0.1) is 48.2 Å². The SMILES string of the molecule is CCOC(=O)C1=C(C)N=c2s/c(=C\c3cc(Br)c(OCc4ccc(Cl)cc4Cl)c(OC)c3)c(=O)n2[C@H]1c1ccc(OC)cc1OC. The molecule has 0 bridgehead atoms. The lowest BCUT2D eigenvalue weighted by molar-refractivity contribution is -0.139. The third-order valence-electron chi connectivity index (χ3n) is 7.19. The van der Waals surface area contributed by atoms with Crippen LogP contribution >= 0.6 is 50.5 Å². The molecule has 1 atom stereocenters. The van der Waals surface area contributed by atoms with E-state index in [-0.39, 0.29) is 24.3 Å². The molecule has 240 valence electrons. The molecule has 46 heavy (non-hydrogen) atoms. The van der Waals surface area contributed by atoms with Crippen LogP contribution in [0.2, 0.25) is 10.0 Å². The van der Waals surface area contributed by atoms with Crippen LogP contribution < -0.4 is 33.8 Å². The Kier molecular flexibility index (Phi) is 10.5. The average Bonchev–Trinajstić information content (AvgIpc) is 3.33. The number of benzene rings is 3. The largest absolute Gasteiger partial charge is 0.497 e. The number of thiazole rings is 1. The Labute approximate surface area is 287 Å². The number of esters is 1. The molecule has 3 aromatic carbocycles. The zero-order valence-corrected chi connectivity index (χ0v) is 29.4. The Morgan fingerprint density at radius 1 is 1.04 bits per heavy atom. The lowest BCUT2D eigenvalue weighted by Crippen LogP contribution is -2.40. The van der Waals surface area contributed by atoms with E-state index in [9.17, 15) is 9.59 Å². The molecule has 0 radical (unpaired) electrons. The minimum absolute atomic E-state index is 0.162. The van der Waals surface area contributed by atoms with E-state index in [0.717, 1.165) is 5.56 Å². The molecule has 0 saturated heterocycles. The van der Waals surface area contributed by atoms with E-state index >= 15 is 0 Å². The van der Waals surface area contributed by atoms with Crippen LogP contribution in [0.1, 0.15) is 36.6 Å². The van der Waals surface area contributed by atoms with Crippen LogP contribution in [-0.2, 0) is 16.1 Å². The van der Waals surface area contributed by atoms with Gasteiger partial charge in [-0.2, -0.15) is 0 Å². The lowest BCUT2D eigenvalue weighted by atomic mass is 9.95. The van der Waals surface area contributed by atoms with Gasteiger partial charge in [0, 0.05) is 27.2 Å². The summed E-state index contributed by atoms with van der Waals surface area (Å²) in [6.45, 7) is 3.79. The Morgan fingerprint density at radius 3 is 2.48 bits per heavy atom. The average molecular weight is 748 g/mol. The summed E-state index contributed by atoms with van der Waals surface area (Å²) in [5.41, 5.74) is 2.36. The van der Waals surface area contributed by atoms with E-state index < -0.39 is 12.0 Å². The van der Waals surface area contributed by atoms with Crippen molar-refractivity contribution in [2.75, 3.05) is 27.9 Å². The summed E-state index contributed by atoms with van der Waals surface area (Å²) >= 11 is 17.1. The van der Waals surface area contributed by atoms with Gasteiger partial charge < -0.3 is 23.7 Å². The van der Waals surface area contributed by atoms with Crippen molar-refractivity contribution in [1.29, 1.82) is 0 Å². The predicted octanol–water partition coefficient (Wildman–Crippen LogP) is 6.47. The van der Waals surface area contributed by atoms with E-state index in [4.69, 9.17) is 46.9 Å². The molecule has 0 spiro atoms. The van der Waals surface area contributed by atoms with Crippen molar-refractivity contribution in [3.63, 3.8) is 0 Å². The molecule has 2 heterocycles. The van der Waals surface area contributed by atoms with Crippen molar-refractivity contribution in [3.05, 3.63) is 111 Å². The first kappa shape index (κ1) is 33.6. The number of fused-ring (bicyclic) bond motifs is 1. The Morgan fingerprint density at radius 2 is 1.80 bits per heavy atom. The molecule has 0 fully saturated rings. The molecule has 0 saturated carbocycles. The number of nitrogens with zero attached hydrogens (tertiary/aromatic N) is 2. The summed E-state index contributed by atoms with van der Waals surface area (Å²) in [5, 5.41) is 1.02. The summed E-state index contributed by atoms with van der Waals surface area (Å²) in [6, 6.07) is 13.1. The molecule has 1 aliphatic heterocycles. The van der Waals surface area contributed by atoms with Gasteiger partial charge in [0.15, 0.2) is 16.3 Å². The van der Waals surface area contributed by atoms with Gasteiger partial charge in [-0.05, 0) is 77.8 Å². The summed E-state index contributed by atoms with van der Waals surface area (Å²) in [7, 11) is 4.60. The van der Waals surface area contributed by atoms with Crippen LogP contribution in [0, 0.1) is 0 Å². The van der Waals surface area contributed by atoms with Gasteiger partial charge >= 0.3 is 5.97 Å². The van der Waals surface area contributed by atoms with Crippen LogP contribution in [0.3, 0.4) is 0 Å². The fraction of sp³-hybridized carbons (Fsp3) is 0.242. The normalized spacial score (nSPS) is 14.4. The number of ether oxygens (including phenoxy) is 5. The number of carbonyl (C=O) groups is 1. The Hall–Kier alpha value is -3.77. The second-order valence-electron chi connectivity index (χ2n) is 9.97. The smallest absolute Gasteiger partial charge is 0.338 e. The van der Waals surface area contributed by atoms with Crippen molar-refractivity contribution in [3.8, 4) is 23.0 Å². The van der Waals surface area contributed by atoms with Crippen LogP contribution in [0.25, 0.3) is 6.08 Å². The third-order valence-corrected chi connectivity index (χ3v) is 9.35. The van der Waals surface area contributed by atoms with Crippen LogP contribution in [0.4, 0.5) is 0 Å². The first-order valence-electron chi connectivity index (χ1n) is 14.0. The van der Waals surface area contributed by atoms with Crippen LogP contribution in [-0.4, -0.2) is 38.5 Å². The highest BCUT2D eigenvalue weighted by Gasteiger charge is 2.35. The minimum atomic E-state index is -0.852. The number of allylic oxidation sites excluding steroid dienone is 1. The fourth-order valence-corrected chi connectivity index (χ4v) is 7.12. The number of rotatable bonds is 10. The summed E-state index contributed by atoms with van der Waals surface area (Å²) in [6.07, 6.45) is 1.74. The van der Waals surface area contributed by atoms with Gasteiger partial charge in [0.2, 0.25) is 0 Å². The highest BCUT2D eigenvalue weighted by molar-refractivity contribution is 9.10. The van der Waals surface area contributed by atoms with Gasteiger partial charge in [-0.1, -0.05) is 40.6 Å². The highest BCUT2D eigenvalue weighted by atomic mass is 79.9. The number of aromatic nitrogens is 1. The highest BCUT2D eigenvalue weighted by Crippen LogP contribution is 2.39. The minimum Gasteiger partial charge on any atom is -0.497 e. The summed E-state index contributed by atoms with van der Waals surface area (Å²) < 4.78 is 30.7. The van der Waals surface area contributed by atoms with Crippen molar-refractivity contribution >= 4 is 62.5 Å². The first-order chi connectivity index (χ1) is 22.1. The number of methoxy groups -OCH3 is 3. The van der Waals surface area contributed by atoms with Gasteiger partial charge in [-0.3, -0.25) is 9.36 Å². The van der Waals surface area contributed by atoms with Crippen LogP contribution in [0.15, 0.2) is 74.1 Å². The molecule has 0 N–H and O–H groups in total. The van der Waals surface area contributed by atoms with Crippen molar-refractivity contribution in [2.24, 2.45) is 4.99 Å². The van der Waals surface area contributed by atoms with Crippen molar-refractivity contribution < 1.29 is 28.5 Å². The first-order valence-corrected chi connectivity index (χ1v) is 16.3. The quantitative estimate of drug-likeness (QED) is 0.172. The second kappa shape index (κ2) is 14.3. The number of hydrogen-bond donors (Lipinski definition) is 0. The van der Waals surface area contributed by atoms with Crippen molar-refractivity contribution in [1.82, 2.24) is 4.57 Å². The lowest BCUT2D eigenvalue weighted by Gasteiger charge is -2.26. The molecule has 0 amide bonds. The number of carbonyl (C=O) groups excluding carboxylic acids is 1. The van der Waals surface area contributed by atoms with E-state index in [1.54, 1.807) is 69.5 Å². The second-order valence-corrected chi connectivity index (χ2v) is 12.7. The molecule has 9 nitrogen and oxygen atoms in total. The van der Waals surface area contributed by atoms with E-state index in [2.05, 4.69) is 20.9 Å². The molecule has 5 rings (SSSR count). The maximum atomic E-state index is 14.1. The maximum absolute atomic E-state index is 14.1. The topological polar surface area (TPSA) is 97.6 Å². The summed E-state index contributed by atoms with van der Waals surface area (Å²) in [4.78, 5) is 32.5. The Balaban J connectivity index is 1.60. The molecule has 1 aromatic heterocycles. The van der Waals surface area contributed by atoms with Gasteiger partial charge in [-0.15, -0.1) is 0 Å². The van der Waals surface area contributed by atoms with Gasteiger partial charge in [-0.25, -0.2) is 9.79 Å². The van der Waals surface area contributed by atoms with E-state index in [1.165, 1.54) is 30.1 Å². The molecule has 13 heteroatoms. The van der Waals surface area contributed by atoms with E-state index in [1.807, 2.05) is 6.07 Å². The molecule has 0 unspecified atom stereocenters. The zero-order chi connectivity index (χ0) is 33.1. The molecule has 1 aliphatic rings. The maximum Gasteiger partial charge on any atom is 0.338 e. The molecule has 4 aromatic rings. The Bertz CT molecular complexity index is 2040. The molecule has 0 aliphatic carbocycles.